The third-order valence-electron chi connectivity index (χ3n) is 4.15. The van der Waals surface area contributed by atoms with Crippen LogP contribution in [0.5, 0.6) is 0 Å². The molecule has 17 heteroatoms. The van der Waals surface area contributed by atoms with E-state index in [-0.39, 0.29) is 41.7 Å². The van der Waals surface area contributed by atoms with Crippen LogP contribution in [0.25, 0.3) is 0 Å². The molecular weight excluding hydrogens is 500 g/mol. The first-order valence-electron chi connectivity index (χ1n) is 8.38. The van der Waals surface area contributed by atoms with Crippen molar-refractivity contribution in [3.05, 3.63) is 35.4 Å². The van der Waals surface area contributed by atoms with Crippen LogP contribution < -0.4 is 29.6 Å². The summed E-state index contributed by atoms with van der Waals surface area (Å²) in [5.74, 6) is 0. The normalized spacial score (nSPS) is 27.0. The van der Waals surface area contributed by atoms with Gasteiger partial charge in [-0.1, -0.05) is 12.1 Å². The van der Waals surface area contributed by atoms with E-state index in [1.807, 2.05) is 0 Å². The molecule has 0 spiro atoms. The van der Waals surface area contributed by atoms with Crippen molar-refractivity contribution in [2.45, 2.75) is 50.4 Å². The van der Waals surface area contributed by atoms with Crippen LogP contribution in [-0.4, -0.2) is 63.8 Å². The zero-order valence-corrected chi connectivity index (χ0v) is 20.6. The first-order chi connectivity index (χ1) is 14.1. The summed E-state index contributed by atoms with van der Waals surface area (Å²) in [6.07, 6.45) is -12.4. The zero-order chi connectivity index (χ0) is 23.6. The Kier molecular flexibility index (Phi) is 10.5. The smallest absolute Gasteiger partial charge is 0.368 e. The number of hydrogen-bond donors (Lipinski definition) is 2. The summed E-state index contributed by atoms with van der Waals surface area (Å²) in [7, 11) is -9.28. The third kappa shape index (κ3) is 8.77. The molecule has 1 fully saturated rings. The molecule has 178 valence electrons. The Labute approximate surface area is 204 Å². The van der Waals surface area contributed by atoms with E-state index in [0.29, 0.717) is 0 Å². The summed E-state index contributed by atoms with van der Waals surface area (Å²) in [5, 5.41) is 0. The molecule has 1 aromatic rings. The Hall–Kier alpha value is -0.370. The Balaban J connectivity index is 0.00000512. The van der Waals surface area contributed by atoms with Crippen LogP contribution in [0.15, 0.2) is 24.3 Å². The Bertz CT molecular complexity index is 954. The molecule has 32 heavy (non-hydrogen) atoms. The fourth-order valence-electron chi connectivity index (χ4n) is 2.87. The van der Waals surface area contributed by atoms with E-state index < -0.39 is 63.2 Å². The van der Waals surface area contributed by atoms with Crippen molar-refractivity contribution in [2.24, 2.45) is 0 Å². The van der Waals surface area contributed by atoms with Crippen LogP contribution in [0.2, 0.25) is 0 Å². The molecule has 1 heterocycles. The number of ether oxygens (including phenoxy) is 3. The van der Waals surface area contributed by atoms with E-state index in [1.54, 1.807) is 0 Å². The van der Waals surface area contributed by atoms with E-state index in [2.05, 4.69) is 8.37 Å². The summed E-state index contributed by atoms with van der Waals surface area (Å²) >= 11 is 0. The van der Waals surface area contributed by atoms with E-state index in [4.69, 9.17) is 23.3 Å². The molecule has 11 nitrogen and oxygen atoms in total. The monoisotopic (exact) mass is 519 g/mol. The second-order valence-corrected chi connectivity index (χ2v) is 8.49. The average Bonchev–Trinajstić information content (AvgIpc) is 2.60. The summed E-state index contributed by atoms with van der Waals surface area (Å²) in [6.45, 7) is 0.992. The number of halogens is 3. The SMILES string of the molecule is CO[C@@H]1O[C@@H](C)[C@H](OCc2ccc(C(F)(F)F)cc2)[C@@H](OS(=O)(=O)O)[C@H]1OS(=O)(=O)O.[Na+]. The topological polar surface area (TPSA) is 155 Å². The van der Waals surface area contributed by atoms with E-state index in [0.717, 1.165) is 31.4 Å². The van der Waals surface area contributed by atoms with Gasteiger partial charge in [0, 0.05) is 7.11 Å². The minimum atomic E-state index is -5.18. The number of alkyl halides is 3. The van der Waals surface area contributed by atoms with Crippen LogP contribution in [0.1, 0.15) is 18.1 Å². The van der Waals surface area contributed by atoms with Crippen LogP contribution >= 0.6 is 0 Å². The number of rotatable bonds is 8. The second kappa shape index (κ2) is 11.4. The number of methoxy groups -OCH3 is 1. The van der Waals surface area contributed by atoms with Crippen molar-refractivity contribution in [1.29, 1.82) is 0 Å². The molecule has 0 aromatic heterocycles. The molecule has 0 saturated carbocycles. The second-order valence-electron chi connectivity index (χ2n) is 6.39. The van der Waals surface area contributed by atoms with Gasteiger partial charge in [-0.3, -0.25) is 9.11 Å². The van der Waals surface area contributed by atoms with Gasteiger partial charge < -0.3 is 14.2 Å². The number of hydrogen-bond acceptors (Lipinski definition) is 9. The first-order valence-corrected chi connectivity index (χ1v) is 11.1. The fourth-order valence-corrected chi connectivity index (χ4v) is 3.85. The van der Waals surface area contributed by atoms with Gasteiger partial charge in [0.15, 0.2) is 12.4 Å². The van der Waals surface area contributed by atoms with Crippen LogP contribution in [-0.2, 0) is 56.2 Å². The van der Waals surface area contributed by atoms with E-state index in [9.17, 15) is 30.0 Å². The molecule has 0 aliphatic carbocycles. The maximum atomic E-state index is 12.7. The van der Waals surface area contributed by atoms with Crippen molar-refractivity contribution < 1.29 is 91.2 Å². The molecular formula is C15H19F3NaO11S2+. The number of benzene rings is 1. The maximum absolute atomic E-state index is 12.7. The average molecular weight is 519 g/mol. The summed E-state index contributed by atoms with van der Waals surface area (Å²) in [4.78, 5) is 0. The minimum Gasteiger partial charge on any atom is -0.368 e. The van der Waals surface area contributed by atoms with Crippen LogP contribution in [0.4, 0.5) is 13.2 Å². The Morgan fingerprint density at radius 3 is 1.91 bits per heavy atom. The van der Waals surface area contributed by atoms with Crippen molar-refractivity contribution in [1.82, 2.24) is 0 Å². The van der Waals surface area contributed by atoms with Crippen LogP contribution in [0, 0.1) is 0 Å². The Morgan fingerprint density at radius 1 is 0.969 bits per heavy atom. The molecule has 0 radical (unpaired) electrons. The molecule has 0 unspecified atom stereocenters. The molecule has 2 rings (SSSR count). The van der Waals surface area contributed by atoms with Crippen molar-refractivity contribution in [3.63, 3.8) is 0 Å². The van der Waals surface area contributed by atoms with Crippen molar-refractivity contribution >= 4 is 20.8 Å². The van der Waals surface area contributed by atoms with Gasteiger partial charge in [-0.15, -0.1) is 0 Å². The van der Waals surface area contributed by atoms with Gasteiger partial charge in [0.05, 0.1) is 18.3 Å². The quantitative estimate of drug-likeness (QED) is 0.300. The van der Waals surface area contributed by atoms with Gasteiger partial charge in [0.2, 0.25) is 0 Å². The van der Waals surface area contributed by atoms with Gasteiger partial charge in [-0.05, 0) is 24.6 Å². The van der Waals surface area contributed by atoms with E-state index in [1.165, 1.54) is 6.92 Å². The fraction of sp³-hybridized carbons (Fsp3) is 0.600. The van der Waals surface area contributed by atoms with E-state index >= 15 is 0 Å². The Morgan fingerprint density at radius 2 is 1.47 bits per heavy atom. The molecule has 5 atom stereocenters. The largest absolute Gasteiger partial charge is 1.00 e. The molecule has 1 aliphatic rings. The summed E-state index contributed by atoms with van der Waals surface area (Å²) in [5.41, 5.74) is -0.658. The molecule has 0 bridgehead atoms. The van der Waals surface area contributed by atoms with Gasteiger partial charge in [-0.2, -0.15) is 30.0 Å². The summed E-state index contributed by atoms with van der Waals surface area (Å²) in [6, 6.07) is 3.83. The summed E-state index contributed by atoms with van der Waals surface area (Å²) < 4.78 is 126. The molecule has 1 aromatic carbocycles. The van der Waals surface area contributed by atoms with Crippen molar-refractivity contribution in [3.8, 4) is 0 Å². The van der Waals surface area contributed by atoms with Crippen molar-refractivity contribution in [2.75, 3.05) is 7.11 Å². The van der Waals surface area contributed by atoms with Crippen LogP contribution in [0.3, 0.4) is 0 Å². The van der Waals surface area contributed by atoms with Gasteiger partial charge in [-0.25, -0.2) is 8.37 Å². The van der Waals surface area contributed by atoms with Gasteiger partial charge in [0.1, 0.15) is 12.2 Å². The predicted octanol–water partition coefficient (Wildman–Crippen LogP) is -1.64. The minimum absolute atomic E-state index is 0. The standard InChI is InChI=1S/C15H19F3O11S2.Na/c1-8-11(26-7-9-3-5-10(6-4-9)15(16,17)18)12(28-30(19,20)21)13(14(25-2)27-8)29-31(22,23)24;/h3-6,8,11-14H,7H2,1-2H3,(H,19,20,21)(H,22,23,24);/q;+1/t8-,11-,12+,13+,14+;/m0./s1. The third-order valence-corrected chi connectivity index (χ3v) is 5.08. The molecule has 0 amide bonds. The predicted molar refractivity (Wildman–Crippen MR) is 94.2 cm³/mol. The molecule has 1 aliphatic heterocycles. The van der Waals surface area contributed by atoms with Gasteiger partial charge in [0.25, 0.3) is 0 Å². The first kappa shape index (κ1) is 29.7. The maximum Gasteiger partial charge on any atom is 1.00 e. The van der Waals surface area contributed by atoms with Gasteiger partial charge >= 0.3 is 56.5 Å². The zero-order valence-electron chi connectivity index (χ0n) is 16.9. The molecule has 1 saturated heterocycles. The molecule has 2 N–H and O–H groups in total.